The number of rotatable bonds is 1. The average molecular weight is 253 g/mol. The fourth-order valence-corrected chi connectivity index (χ4v) is 2.05. The van der Waals surface area contributed by atoms with Crippen LogP contribution < -0.4 is 0 Å². The Morgan fingerprint density at radius 2 is 2.00 bits per heavy atom. The molecular formula is C13H16FNO3. The first-order valence-corrected chi connectivity index (χ1v) is 5.89. The molecule has 1 fully saturated rings. The van der Waals surface area contributed by atoms with Gasteiger partial charge in [0.05, 0.1) is 11.2 Å². The van der Waals surface area contributed by atoms with Crippen LogP contribution in [0, 0.1) is 5.82 Å². The third-order valence-electron chi connectivity index (χ3n) is 3.32. The van der Waals surface area contributed by atoms with Crippen molar-refractivity contribution in [3.8, 4) is 5.75 Å². The summed E-state index contributed by atoms with van der Waals surface area (Å²) in [5.41, 5.74) is -0.639. The smallest absolute Gasteiger partial charge is 0.257 e. The van der Waals surface area contributed by atoms with Gasteiger partial charge in [-0.15, -0.1) is 0 Å². The van der Waals surface area contributed by atoms with E-state index < -0.39 is 11.4 Å². The van der Waals surface area contributed by atoms with Crippen molar-refractivity contribution in [3.63, 3.8) is 0 Å². The predicted octanol–water partition coefficient (Wildman–Crippen LogP) is 1.52. The van der Waals surface area contributed by atoms with E-state index in [1.54, 1.807) is 11.8 Å². The number of aliphatic hydroxyl groups is 1. The van der Waals surface area contributed by atoms with Gasteiger partial charge in [0.25, 0.3) is 5.91 Å². The fourth-order valence-electron chi connectivity index (χ4n) is 2.05. The molecule has 1 aliphatic rings. The highest BCUT2D eigenvalue weighted by Crippen LogP contribution is 2.25. The highest BCUT2D eigenvalue weighted by atomic mass is 19.1. The molecule has 98 valence electrons. The number of carbonyl (C=O) groups is 1. The molecule has 4 nitrogen and oxygen atoms in total. The van der Waals surface area contributed by atoms with Gasteiger partial charge in [-0.05, 0) is 31.9 Å². The molecule has 1 heterocycles. The van der Waals surface area contributed by atoms with Crippen LogP contribution in [0.1, 0.15) is 30.1 Å². The molecule has 1 amide bonds. The van der Waals surface area contributed by atoms with Gasteiger partial charge in [-0.2, -0.15) is 0 Å². The second kappa shape index (κ2) is 4.57. The van der Waals surface area contributed by atoms with Gasteiger partial charge in [0.2, 0.25) is 0 Å². The fraction of sp³-hybridized carbons (Fsp3) is 0.462. The Morgan fingerprint density at radius 3 is 2.56 bits per heavy atom. The molecule has 2 rings (SSSR count). The molecule has 2 N–H and O–H groups in total. The number of piperidine rings is 1. The molecule has 0 atom stereocenters. The third kappa shape index (κ3) is 2.61. The van der Waals surface area contributed by atoms with Gasteiger partial charge in [-0.25, -0.2) is 4.39 Å². The van der Waals surface area contributed by atoms with Crippen molar-refractivity contribution in [3.05, 3.63) is 29.6 Å². The number of hydrogen-bond donors (Lipinski definition) is 2. The van der Waals surface area contributed by atoms with Crippen molar-refractivity contribution in [2.24, 2.45) is 0 Å². The summed E-state index contributed by atoms with van der Waals surface area (Å²) in [6, 6.07) is 3.35. The normalized spacial score (nSPS) is 18.7. The van der Waals surface area contributed by atoms with Gasteiger partial charge >= 0.3 is 0 Å². The van der Waals surface area contributed by atoms with E-state index in [2.05, 4.69) is 0 Å². The Kier molecular flexibility index (Phi) is 3.26. The number of nitrogens with zero attached hydrogens (tertiary/aromatic N) is 1. The maximum Gasteiger partial charge on any atom is 0.257 e. The van der Waals surface area contributed by atoms with Crippen molar-refractivity contribution in [2.75, 3.05) is 13.1 Å². The molecule has 0 aromatic heterocycles. The summed E-state index contributed by atoms with van der Waals surface area (Å²) in [6.45, 7) is 2.61. The number of likely N-dealkylation sites (tertiary alicyclic amines) is 1. The van der Waals surface area contributed by atoms with Gasteiger partial charge in [0.1, 0.15) is 11.6 Å². The second-order valence-corrected chi connectivity index (χ2v) is 4.95. The number of phenols is 1. The molecule has 0 radical (unpaired) electrons. The van der Waals surface area contributed by atoms with E-state index in [-0.39, 0.29) is 17.2 Å². The molecule has 0 bridgehead atoms. The quantitative estimate of drug-likeness (QED) is 0.797. The molecule has 0 spiro atoms. The van der Waals surface area contributed by atoms with Crippen LogP contribution in [0.4, 0.5) is 4.39 Å². The summed E-state index contributed by atoms with van der Waals surface area (Å²) < 4.78 is 12.8. The zero-order valence-electron chi connectivity index (χ0n) is 10.2. The summed E-state index contributed by atoms with van der Waals surface area (Å²) in [5, 5.41) is 19.4. The Balaban J connectivity index is 2.13. The van der Waals surface area contributed by atoms with Crippen LogP contribution in [0.5, 0.6) is 5.75 Å². The summed E-state index contributed by atoms with van der Waals surface area (Å²) in [5.74, 6) is -1.26. The molecule has 0 aliphatic carbocycles. The van der Waals surface area contributed by atoms with Gasteiger partial charge in [0, 0.05) is 19.2 Å². The Hall–Kier alpha value is -1.62. The lowest BCUT2D eigenvalue weighted by molar-refractivity contribution is -0.00208. The summed E-state index contributed by atoms with van der Waals surface area (Å²) in [4.78, 5) is 13.7. The zero-order valence-corrected chi connectivity index (χ0v) is 10.2. The minimum absolute atomic E-state index is 0.0953. The number of amides is 1. The summed E-state index contributed by atoms with van der Waals surface area (Å²) >= 11 is 0. The van der Waals surface area contributed by atoms with E-state index in [0.29, 0.717) is 25.9 Å². The van der Waals surface area contributed by atoms with E-state index in [0.717, 1.165) is 12.1 Å². The van der Waals surface area contributed by atoms with Crippen molar-refractivity contribution in [2.45, 2.75) is 25.4 Å². The van der Waals surface area contributed by atoms with Crippen molar-refractivity contribution in [1.82, 2.24) is 4.90 Å². The number of halogens is 1. The lowest BCUT2D eigenvalue weighted by Crippen LogP contribution is -2.45. The van der Waals surface area contributed by atoms with Crippen LogP contribution in [-0.4, -0.2) is 39.7 Å². The number of benzene rings is 1. The Labute approximate surface area is 105 Å². The van der Waals surface area contributed by atoms with E-state index in [4.69, 9.17) is 0 Å². The number of aromatic hydroxyl groups is 1. The Morgan fingerprint density at radius 1 is 1.39 bits per heavy atom. The molecule has 1 aliphatic heterocycles. The molecule has 1 aromatic carbocycles. The lowest BCUT2D eigenvalue weighted by Gasteiger charge is -2.35. The second-order valence-electron chi connectivity index (χ2n) is 4.95. The number of phenolic OH excluding ortho intramolecular Hbond substituents is 1. The lowest BCUT2D eigenvalue weighted by atomic mass is 9.93. The largest absolute Gasteiger partial charge is 0.507 e. The van der Waals surface area contributed by atoms with Gasteiger partial charge in [-0.1, -0.05) is 0 Å². The van der Waals surface area contributed by atoms with E-state index >= 15 is 0 Å². The topological polar surface area (TPSA) is 60.8 Å². The van der Waals surface area contributed by atoms with Gasteiger partial charge in [-0.3, -0.25) is 4.79 Å². The number of hydrogen-bond acceptors (Lipinski definition) is 3. The standard InChI is InChI=1S/C13H16FNO3/c1-13(18)4-6-15(7-5-13)12(17)10-3-2-9(14)8-11(10)16/h2-3,8,16,18H,4-7H2,1H3. The van der Waals surface area contributed by atoms with Crippen molar-refractivity contribution >= 4 is 5.91 Å². The molecular weight excluding hydrogens is 237 g/mol. The maximum absolute atomic E-state index is 12.8. The minimum atomic E-state index is -0.735. The monoisotopic (exact) mass is 253 g/mol. The first-order valence-electron chi connectivity index (χ1n) is 5.89. The highest BCUT2D eigenvalue weighted by Gasteiger charge is 2.30. The molecule has 0 unspecified atom stereocenters. The molecule has 1 saturated heterocycles. The van der Waals surface area contributed by atoms with Gasteiger partial charge < -0.3 is 15.1 Å². The van der Waals surface area contributed by atoms with E-state index in [1.165, 1.54) is 6.07 Å². The average Bonchev–Trinajstić information content (AvgIpc) is 2.28. The zero-order chi connectivity index (χ0) is 13.3. The maximum atomic E-state index is 12.8. The SMILES string of the molecule is CC1(O)CCN(C(=O)c2ccc(F)cc2O)CC1. The van der Waals surface area contributed by atoms with Crippen LogP contribution in [0.25, 0.3) is 0 Å². The molecule has 5 heteroatoms. The van der Waals surface area contributed by atoms with Crippen molar-refractivity contribution in [1.29, 1.82) is 0 Å². The van der Waals surface area contributed by atoms with E-state index in [9.17, 15) is 19.4 Å². The molecule has 1 aromatic rings. The van der Waals surface area contributed by atoms with Crippen LogP contribution in [0.2, 0.25) is 0 Å². The first kappa shape index (κ1) is 12.8. The molecule has 0 saturated carbocycles. The third-order valence-corrected chi connectivity index (χ3v) is 3.32. The highest BCUT2D eigenvalue weighted by molar-refractivity contribution is 5.96. The van der Waals surface area contributed by atoms with E-state index in [1.807, 2.05) is 0 Å². The van der Waals surface area contributed by atoms with Crippen LogP contribution >= 0.6 is 0 Å². The molecule has 18 heavy (non-hydrogen) atoms. The minimum Gasteiger partial charge on any atom is -0.507 e. The van der Waals surface area contributed by atoms with Crippen LogP contribution in [0.3, 0.4) is 0 Å². The van der Waals surface area contributed by atoms with Crippen LogP contribution in [-0.2, 0) is 0 Å². The van der Waals surface area contributed by atoms with Crippen molar-refractivity contribution < 1.29 is 19.4 Å². The van der Waals surface area contributed by atoms with Crippen LogP contribution in [0.15, 0.2) is 18.2 Å². The Bertz CT molecular complexity index is 463. The predicted molar refractivity (Wildman–Crippen MR) is 63.8 cm³/mol. The first-order chi connectivity index (χ1) is 8.39. The van der Waals surface area contributed by atoms with Gasteiger partial charge in [0.15, 0.2) is 0 Å². The number of carbonyl (C=O) groups excluding carboxylic acids is 1. The summed E-state index contributed by atoms with van der Waals surface area (Å²) in [7, 11) is 0. The summed E-state index contributed by atoms with van der Waals surface area (Å²) in [6.07, 6.45) is 1.00.